The lowest BCUT2D eigenvalue weighted by Gasteiger charge is -2.35. The first-order valence-corrected chi connectivity index (χ1v) is 25.9. The molecule has 1 aromatic carbocycles. The fourth-order valence-corrected chi connectivity index (χ4v) is 9.37. The van der Waals surface area contributed by atoms with Crippen LogP contribution in [0.4, 0.5) is 5.82 Å². The summed E-state index contributed by atoms with van der Waals surface area (Å²) in [7, 11) is 0. The Balaban J connectivity index is 0.842. The smallest absolute Gasteiger partial charge is 0.246 e. The van der Waals surface area contributed by atoms with Gasteiger partial charge in [-0.3, -0.25) is 19.2 Å². The largest absolute Gasteiger partial charge is 0.490 e. The van der Waals surface area contributed by atoms with Crippen molar-refractivity contribution in [3.8, 4) is 39.5 Å². The number of nitrogens with one attached hydrogen (secondary N) is 3. The molecular weight excluding hydrogens is 939 g/mol. The molecule has 19 nitrogen and oxygen atoms in total. The van der Waals surface area contributed by atoms with E-state index in [2.05, 4.69) is 48.1 Å². The second-order valence-electron chi connectivity index (χ2n) is 20.0. The molecule has 4 aromatic heterocycles. The van der Waals surface area contributed by atoms with Crippen molar-refractivity contribution in [1.82, 2.24) is 50.7 Å². The average Bonchev–Trinajstić information content (AvgIpc) is 4.15. The first-order valence-electron chi connectivity index (χ1n) is 25.0. The number of fused-ring (bicyclic) bond motifs is 1. The van der Waals surface area contributed by atoms with Crippen molar-refractivity contribution in [2.45, 2.75) is 162 Å². The summed E-state index contributed by atoms with van der Waals surface area (Å²) in [5, 5.41) is 37.3. The van der Waals surface area contributed by atoms with Crippen LogP contribution in [0.1, 0.15) is 136 Å². The number of aliphatic hydroxyl groups is 2. The van der Waals surface area contributed by atoms with Gasteiger partial charge in [0.05, 0.1) is 35.0 Å². The van der Waals surface area contributed by atoms with Gasteiger partial charge >= 0.3 is 0 Å². The summed E-state index contributed by atoms with van der Waals surface area (Å²) in [6.07, 6.45) is 9.00. The minimum Gasteiger partial charge on any atom is -0.490 e. The molecule has 4 amide bonds. The number of β-amino-alcohol motifs (C(OH)–C–C–N with tert-alkyl or cyclic N) is 1. The van der Waals surface area contributed by atoms with Crippen molar-refractivity contribution < 1.29 is 38.8 Å². The highest BCUT2D eigenvalue weighted by atomic mass is 32.1. The molecule has 7 N–H and O–H groups in total. The van der Waals surface area contributed by atoms with Crippen LogP contribution < -0.4 is 26.4 Å². The third-order valence-electron chi connectivity index (χ3n) is 12.4. The predicted molar refractivity (Wildman–Crippen MR) is 275 cm³/mol. The maximum atomic E-state index is 14.0. The molecule has 0 bridgehead atoms. The number of aryl methyl sites for hydroxylation is 2. The lowest BCUT2D eigenvalue weighted by molar-refractivity contribution is -0.144. The van der Waals surface area contributed by atoms with Crippen LogP contribution in [0, 0.1) is 24.2 Å². The molecule has 1 saturated heterocycles. The van der Waals surface area contributed by atoms with Gasteiger partial charge in [0.15, 0.2) is 23.1 Å². The summed E-state index contributed by atoms with van der Waals surface area (Å²) in [6, 6.07) is 6.15. The van der Waals surface area contributed by atoms with Crippen LogP contribution in [0.25, 0.3) is 33.0 Å². The van der Waals surface area contributed by atoms with E-state index >= 15 is 0 Å². The normalized spacial score (nSPS) is 15.3. The van der Waals surface area contributed by atoms with Gasteiger partial charge < -0.3 is 46.1 Å². The number of anilines is 1. The number of carbonyl (C=O) groups is 4. The molecule has 388 valence electrons. The third-order valence-corrected chi connectivity index (χ3v) is 13.4. The van der Waals surface area contributed by atoms with Gasteiger partial charge in [0, 0.05) is 45.4 Å². The quantitative estimate of drug-likeness (QED) is 0.0296. The number of hydrogen-bond donors (Lipinski definition) is 6. The van der Waals surface area contributed by atoms with E-state index in [-0.39, 0.29) is 49.5 Å². The summed E-state index contributed by atoms with van der Waals surface area (Å²) >= 11 is 1.58. The third kappa shape index (κ3) is 15.1. The Morgan fingerprint density at radius 3 is 2.29 bits per heavy atom. The highest BCUT2D eigenvalue weighted by Crippen LogP contribution is 2.34. The van der Waals surface area contributed by atoms with E-state index in [0.717, 1.165) is 73.1 Å². The number of rotatable bonds is 24. The lowest BCUT2D eigenvalue weighted by atomic mass is 9.85. The zero-order valence-electron chi connectivity index (χ0n) is 42.7. The molecule has 1 aliphatic heterocycles. The van der Waals surface area contributed by atoms with Crippen molar-refractivity contribution in [2.75, 3.05) is 25.4 Å². The highest BCUT2D eigenvalue weighted by Gasteiger charge is 2.44. The van der Waals surface area contributed by atoms with E-state index in [0.29, 0.717) is 66.5 Å². The van der Waals surface area contributed by atoms with Crippen molar-refractivity contribution in [1.29, 1.82) is 0 Å². The summed E-state index contributed by atoms with van der Waals surface area (Å²) in [6.45, 7) is 14.5. The molecule has 1 fully saturated rings. The predicted octanol–water partition coefficient (Wildman–Crippen LogP) is 6.23. The van der Waals surface area contributed by atoms with Gasteiger partial charge in [-0.1, -0.05) is 83.1 Å². The molecule has 3 atom stereocenters. The number of benzene rings is 1. The van der Waals surface area contributed by atoms with E-state index in [1.54, 1.807) is 31.4 Å². The number of thiazole rings is 1. The molecular formula is C52H71N11O8S. The molecule has 6 rings (SSSR count). The van der Waals surface area contributed by atoms with Crippen molar-refractivity contribution in [2.24, 2.45) is 5.41 Å². The van der Waals surface area contributed by atoms with Crippen LogP contribution in [-0.4, -0.2) is 112 Å². The molecule has 1 aliphatic rings. The number of likely N-dealkylation sites (tertiary alicyclic amines) is 1. The number of carbonyl (C=O) groups excluding carboxylic acids is 4. The molecule has 0 saturated carbocycles. The number of ether oxygens (including phenoxy) is 1. The van der Waals surface area contributed by atoms with E-state index in [1.165, 1.54) is 4.90 Å². The Kier molecular flexibility index (Phi) is 19.3. The van der Waals surface area contributed by atoms with Gasteiger partial charge in [0.2, 0.25) is 23.6 Å². The molecule has 0 spiro atoms. The number of hydrogen-bond acceptors (Lipinski definition) is 15. The average molecular weight is 1010 g/mol. The van der Waals surface area contributed by atoms with Crippen molar-refractivity contribution in [3.63, 3.8) is 0 Å². The number of unbranched alkanes of at least 4 members (excludes halogenated alkanes) is 7. The Hall–Kier alpha value is -6.43. The fourth-order valence-electron chi connectivity index (χ4n) is 8.56. The highest BCUT2D eigenvalue weighted by molar-refractivity contribution is 7.13. The molecule has 0 radical (unpaired) electrons. The topological polar surface area (TPSA) is 266 Å². The van der Waals surface area contributed by atoms with E-state index in [4.69, 9.17) is 20.1 Å². The molecule has 5 heterocycles. The van der Waals surface area contributed by atoms with Crippen LogP contribution in [0.3, 0.4) is 0 Å². The maximum Gasteiger partial charge on any atom is 0.246 e. The zero-order chi connectivity index (χ0) is 52.0. The second-order valence-corrected chi connectivity index (χ2v) is 20.8. The number of pyridine rings is 1. The summed E-state index contributed by atoms with van der Waals surface area (Å²) in [5.74, 6) is 5.85. The monoisotopic (exact) mass is 1010 g/mol. The minimum atomic E-state index is -1.23. The number of imidazole rings is 1. The van der Waals surface area contributed by atoms with E-state index < -0.39 is 35.1 Å². The summed E-state index contributed by atoms with van der Waals surface area (Å²) in [5.41, 5.74) is 10.7. The van der Waals surface area contributed by atoms with Gasteiger partial charge in [0.1, 0.15) is 34.4 Å². The standard InChI is InChI=1S/C52H71N11O8S/c1-8-62-44-39(30-55-37(24-25-52(6,7)69)42(44)59-48(62)43-47(53)61-71-60-43)70-27-17-13-9-10-14-18-40(65)54-26-16-12-11-15-19-41(66)58-46(51(3,4)5)50(68)63-31-36(64)28-38(63)49(67)56-29-34-20-22-35(23-21-34)45-33(2)57-32-72-45/h20-23,30,32,36,38,46,64,69H,8-19,26-29,31H2,1-7H3,(H2,53,61)(H,54,65)(H,56,67)(H,58,66)/t36-,38+,46-/m1/s1. The van der Waals surface area contributed by atoms with Crippen LogP contribution in [0.2, 0.25) is 0 Å². The summed E-state index contributed by atoms with van der Waals surface area (Å²) in [4.78, 5) is 69.2. The van der Waals surface area contributed by atoms with Crippen LogP contribution >= 0.6 is 11.3 Å². The number of aromatic nitrogens is 6. The second kappa shape index (κ2) is 25.3. The number of nitrogen functional groups attached to an aromatic ring is 1. The first kappa shape index (κ1) is 54.9. The SMILES string of the molecule is CCn1c(-c2nonc2N)nc2c(C#CC(C)(C)O)ncc(OCCCCCCCC(=O)NCCCCCCC(=O)N[C@H](C(=O)N3C[C@H](O)C[C@H]3C(=O)NCc3ccc(-c4scnc4C)cc3)C(C)(C)C)c21. The van der Waals surface area contributed by atoms with Gasteiger partial charge in [-0.15, -0.1) is 11.3 Å². The number of amides is 4. The van der Waals surface area contributed by atoms with Gasteiger partial charge in [-0.2, -0.15) is 0 Å². The van der Waals surface area contributed by atoms with Crippen molar-refractivity contribution in [3.05, 3.63) is 52.9 Å². The molecule has 20 heteroatoms. The Bertz CT molecular complexity index is 2690. The molecule has 0 aliphatic carbocycles. The van der Waals surface area contributed by atoms with Gasteiger partial charge in [0.25, 0.3) is 0 Å². The number of nitrogens with two attached hydrogens (primary N) is 1. The first-order chi connectivity index (χ1) is 34.3. The van der Waals surface area contributed by atoms with Crippen LogP contribution in [-0.2, 0) is 32.3 Å². The Morgan fingerprint density at radius 2 is 1.64 bits per heavy atom. The minimum absolute atomic E-state index is 0.0101. The van der Waals surface area contributed by atoms with Crippen LogP contribution in [0.15, 0.2) is 40.6 Å². The zero-order valence-corrected chi connectivity index (χ0v) is 43.5. The van der Waals surface area contributed by atoms with E-state index in [1.807, 2.05) is 69.0 Å². The number of aliphatic hydroxyl groups excluding tert-OH is 1. The summed E-state index contributed by atoms with van der Waals surface area (Å²) < 4.78 is 13.0. The molecule has 0 unspecified atom stereocenters. The lowest BCUT2D eigenvalue weighted by Crippen LogP contribution is -2.57. The maximum absolute atomic E-state index is 14.0. The molecule has 5 aromatic rings. The Morgan fingerprint density at radius 1 is 0.944 bits per heavy atom. The molecule has 72 heavy (non-hydrogen) atoms. The van der Waals surface area contributed by atoms with Gasteiger partial charge in [-0.05, 0) is 86.2 Å². The van der Waals surface area contributed by atoms with Crippen LogP contribution in [0.5, 0.6) is 5.75 Å². The Labute approximate surface area is 425 Å². The van der Waals surface area contributed by atoms with E-state index in [9.17, 15) is 29.4 Å². The fraction of sp³-hybridized carbons (Fsp3) is 0.558. The number of nitrogens with zero attached hydrogens (tertiary/aromatic N) is 7. The van der Waals surface area contributed by atoms with Crippen molar-refractivity contribution >= 4 is 51.8 Å². The van der Waals surface area contributed by atoms with Gasteiger partial charge in [-0.25, -0.2) is 19.6 Å².